The Bertz CT molecular complexity index is 581. The van der Waals surface area contributed by atoms with Crippen LogP contribution in [0, 0.1) is 0 Å². The van der Waals surface area contributed by atoms with Crippen molar-refractivity contribution in [2.24, 2.45) is 0 Å². The van der Waals surface area contributed by atoms with Gasteiger partial charge in [0.15, 0.2) is 5.15 Å². The Hall–Kier alpha value is -1.03. The highest BCUT2D eigenvalue weighted by Gasteiger charge is 2.15. The molecule has 0 aliphatic heterocycles. The van der Waals surface area contributed by atoms with E-state index in [0.717, 1.165) is 30.7 Å². The van der Waals surface area contributed by atoms with Crippen LogP contribution in [0.3, 0.4) is 0 Å². The molecule has 5 heteroatoms. The van der Waals surface area contributed by atoms with Gasteiger partial charge >= 0.3 is 0 Å². The molecule has 20 heavy (non-hydrogen) atoms. The van der Waals surface area contributed by atoms with E-state index < -0.39 is 0 Å². The van der Waals surface area contributed by atoms with Gasteiger partial charge in [-0.1, -0.05) is 54.7 Å². The third kappa shape index (κ3) is 3.35. The van der Waals surface area contributed by atoms with Crippen molar-refractivity contribution >= 4 is 23.2 Å². The maximum Gasteiger partial charge on any atom is 0.152 e. The highest BCUT2D eigenvalue weighted by Crippen LogP contribution is 2.23. The van der Waals surface area contributed by atoms with Crippen molar-refractivity contribution in [2.75, 3.05) is 0 Å². The normalized spacial score (nSPS) is 11.0. The van der Waals surface area contributed by atoms with Crippen LogP contribution in [-0.4, -0.2) is 14.7 Å². The summed E-state index contributed by atoms with van der Waals surface area (Å²) < 4.78 is 1.97. The Balaban J connectivity index is 2.35. The van der Waals surface area contributed by atoms with Crippen molar-refractivity contribution in [3.63, 3.8) is 0 Å². The number of aryl methyl sites for hydroxylation is 1. The summed E-state index contributed by atoms with van der Waals surface area (Å²) in [5.41, 5.74) is 1.65. The number of hydrogen-bond acceptors (Lipinski definition) is 2. The fourth-order valence-electron chi connectivity index (χ4n) is 2.17. The summed E-state index contributed by atoms with van der Waals surface area (Å²) in [5, 5.41) is 10.6. The van der Waals surface area contributed by atoms with Crippen molar-refractivity contribution in [3.8, 4) is 0 Å². The Morgan fingerprint density at radius 3 is 2.65 bits per heavy atom. The summed E-state index contributed by atoms with van der Waals surface area (Å²) in [7, 11) is 0. The third-order valence-corrected chi connectivity index (χ3v) is 3.96. The van der Waals surface area contributed by atoms with E-state index in [1.807, 2.05) is 28.8 Å². The highest BCUT2D eigenvalue weighted by atomic mass is 35.5. The van der Waals surface area contributed by atoms with Gasteiger partial charge in [0.1, 0.15) is 5.82 Å². The molecule has 0 unspecified atom stereocenters. The second kappa shape index (κ2) is 7.11. The van der Waals surface area contributed by atoms with Crippen LogP contribution in [0.15, 0.2) is 24.3 Å². The molecule has 1 N–H and O–H groups in total. The number of aliphatic hydroxyl groups excluding tert-OH is 1. The Morgan fingerprint density at radius 1 is 1.25 bits per heavy atom. The second-order valence-electron chi connectivity index (χ2n) is 4.70. The van der Waals surface area contributed by atoms with E-state index >= 15 is 0 Å². The molecular formula is C15H18Cl2N2O. The Morgan fingerprint density at radius 2 is 2.00 bits per heavy atom. The number of nitrogens with zero attached hydrogens (tertiary/aromatic N) is 2. The van der Waals surface area contributed by atoms with Gasteiger partial charge in [-0.15, -0.1) is 0 Å². The molecule has 0 saturated heterocycles. The third-order valence-electron chi connectivity index (χ3n) is 3.29. The van der Waals surface area contributed by atoms with Crippen LogP contribution < -0.4 is 0 Å². The van der Waals surface area contributed by atoms with Gasteiger partial charge in [-0.25, -0.2) is 4.98 Å². The average Bonchev–Trinajstić information content (AvgIpc) is 2.74. The van der Waals surface area contributed by atoms with Crippen LogP contribution in [0.1, 0.15) is 36.8 Å². The highest BCUT2D eigenvalue weighted by molar-refractivity contribution is 6.31. The lowest BCUT2D eigenvalue weighted by atomic mass is 10.2. The minimum Gasteiger partial charge on any atom is -0.390 e. The molecule has 0 aliphatic carbocycles. The molecule has 0 amide bonds. The quantitative estimate of drug-likeness (QED) is 0.873. The van der Waals surface area contributed by atoms with Crippen LogP contribution in [0.2, 0.25) is 10.2 Å². The standard InChI is InChI=1S/C15H18Cl2N2O/c1-2-3-8-14-18-15(17)13(10-20)19(14)9-11-6-4-5-7-12(11)16/h4-7,20H,2-3,8-10H2,1H3. The maximum absolute atomic E-state index is 9.51. The molecule has 3 nitrogen and oxygen atoms in total. The molecule has 2 rings (SSSR count). The number of rotatable bonds is 6. The zero-order valence-electron chi connectivity index (χ0n) is 11.4. The molecule has 0 aliphatic rings. The van der Waals surface area contributed by atoms with E-state index in [4.69, 9.17) is 23.2 Å². The average molecular weight is 313 g/mol. The first-order chi connectivity index (χ1) is 9.67. The first-order valence-electron chi connectivity index (χ1n) is 6.75. The SMILES string of the molecule is CCCCc1nc(Cl)c(CO)n1Cc1ccccc1Cl. The molecule has 108 valence electrons. The lowest BCUT2D eigenvalue weighted by Crippen LogP contribution is -2.09. The van der Waals surface area contributed by atoms with Crippen molar-refractivity contribution in [2.45, 2.75) is 39.3 Å². The van der Waals surface area contributed by atoms with E-state index in [-0.39, 0.29) is 6.61 Å². The molecule has 1 aromatic heterocycles. The molecule has 0 bridgehead atoms. The number of halogens is 2. The Kier molecular flexibility index (Phi) is 5.46. The summed E-state index contributed by atoms with van der Waals surface area (Å²) in [6, 6.07) is 7.68. The van der Waals surface area contributed by atoms with Gasteiger partial charge in [-0.05, 0) is 18.1 Å². The van der Waals surface area contributed by atoms with Gasteiger partial charge in [0.2, 0.25) is 0 Å². The number of unbranched alkanes of at least 4 members (excludes halogenated alkanes) is 1. The predicted molar refractivity (Wildman–Crippen MR) is 82.3 cm³/mol. The summed E-state index contributed by atoms with van der Waals surface area (Å²) in [6.07, 6.45) is 2.98. The zero-order chi connectivity index (χ0) is 14.5. The number of imidazole rings is 1. The van der Waals surface area contributed by atoms with Crippen LogP contribution in [0.4, 0.5) is 0 Å². The first kappa shape index (κ1) is 15.4. The number of aromatic nitrogens is 2. The lowest BCUT2D eigenvalue weighted by molar-refractivity contribution is 0.271. The largest absolute Gasteiger partial charge is 0.390 e. The summed E-state index contributed by atoms with van der Waals surface area (Å²) in [6.45, 7) is 2.59. The fraction of sp³-hybridized carbons (Fsp3) is 0.400. The molecular weight excluding hydrogens is 295 g/mol. The van der Waals surface area contributed by atoms with Crippen molar-refractivity contribution in [1.82, 2.24) is 9.55 Å². The monoisotopic (exact) mass is 312 g/mol. The van der Waals surface area contributed by atoms with Gasteiger partial charge in [0.25, 0.3) is 0 Å². The van der Waals surface area contributed by atoms with Gasteiger partial charge in [-0.3, -0.25) is 0 Å². The smallest absolute Gasteiger partial charge is 0.152 e. The molecule has 1 heterocycles. The van der Waals surface area contributed by atoms with Gasteiger partial charge in [0, 0.05) is 11.4 Å². The van der Waals surface area contributed by atoms with E-state index in [2.05, 4.69) is 11.9 Å². The first-order valence-corrected chi connectivity index (χ1v) is 7.51. The molecule has 0 spiro atoms. The van der Waals surface area contributed by atoms with Crippen LogP contribution in [0.5, 0.6) is 0 Å². The minimum absolute atomic E-state index is 0.123. The van der Waals surface area contributed by atoms with Crippen molar-refractivity contribution in [1.29, 1.82) is 0 Å². The van der Waals surface area contributed by atoms with Gasteiger partial charge in [-0.2, -0.15) is 0 Å². The fourth-order valence-corrected chi connectivity index (χ4v) is 2.62. The van der Waals surface area contributed by atoms with Crippen molar-refractivity contribution < 1.29 is 5.11 Å². The number of hydrogen-bond donors (Lipinski definition) is 1. The van der Waals surface area contributed by atoms with Crippen LogP contribution in [-0.2, 0) is 19.6 Å². The predicted octanol–water partition coefficient (Wildman–Crippen LogP) is 4.07. The second-order valence-corrected chi connectivity index (χ2v) is 5.47. The van der Waals surface area contributed by atoms with E-state index in [9.17, 15) is 5.11 Å². The minimum atomic E-state index is -0.123. The molecule has 2 aromatic rings. The van der Waals surface area contributed by atoms with Crippen LogP contribution in [0.25, 0.3) is 0 Å². The molecule has 0 atom stereocenters. The summed E-state index contributed by atoms with van der Waals surface area (Å²) >= 11 is 12.3. The van der Waals surface area contributed by atoms with Crippen molar-refractivity contribution in [3.05, 3.63) is 51.5 Å². The summed E-state index contributed by atoms with van der Waals surface area (Å²) in [4.78, 5) is 4.37. The number of benzene rings is 1. The van der Waals surface area contributed by atoms with Gasteiger partial charge < -0.3 is 9.67 Å². The number of aliphatic hydroxyl groups is 1. The maximum atomic E-state index is 9.51. The summed E-state index contributed by atoms with van der Waals surface area (Å²) in [5.74, 6) is 0.904. The van der Waals surface area contributed by atoms with E-state index in [0.29, 0.717) is 22.4 Å². The lowest BCUT2D eigenvalue weighted by Gasteiger charge is -2.12. The molecule has 0 radical (unpaired) electrons. The van der Waals surface area contributed by atoms with E-state index in [1.165, 1.54) is 0 Å². The van der Waals surface area contributed by atoms with E-state index in [1.54, 1.807) is 0 Å². The molecule has 1 aromatic carbocycles. The topological polar surface area (TPSA) is 38.1 Å². The van der Waals surface area contributed by atoms with Gasteiger partial charge in [0.05, 0.1) is 18.8 Å². The van der Waals surface area contributed by atoms with Crippen LogP contribution >= 0.6 is 23.2 Å². The molecule has 0 saturated carbocycles. The molecule has 0 fully saturated rings. The Labute approximate surface area is 129 Å². The zero-order valence-corrected chi connectivity index (χ0v) is 13.0.